The van der Waals surface area contributed by atoms with Gasteiger partial charge in [0.15, 0.2) is 0 Å². The van der Waals surface area contributed by atoms with Gasteiger partial charge in [0, 0.05) is 0 Å². The van der Waals surface area contributed by atoms with Crippen molar-refractivity contribution in [2.75, 3.05) is 0 Å². The van der Waals surface area contributed by atoms with Crippen molar-refractivity contribution in [3.63, 3.8) is 0 Å². The first-order valence-corrected chi connectivity index (χ1v) is 6.03. The maximum absolute atomic E-state index is 3.73. The Balaban J connectivity index is 3.73. The van der Waals surface area contributed by atoms with Gasteiger partial charge in [-0.15, -0.1) is 0 Å². The average molecular weight is 206 g/mol. The van der Waals surface area contributed by atoms with E-state index >= 15 is 0 Å². The molecule has 0 nitrogen and oxygen atoms in total. The molecule has 0 radical (unpaired) electrons. The van der Waals surface area contributed by atoms with E-state index in [4.69, 9.17) is 0 Å². The van der Waals surface area contributed by atoms with Gasteiger partial charge < -0.3 is 0 Å². The summed E-state index contributed by atoms with van der Waals surface area (Å²) in [7, 11) is 0. The second-order valence-corrected chi connectivity index (χ2v) is 4.80. The van der Waals surface area contributed by atoms with Crippen LogP contribution in [0.4, 0.5) is 0 Å². The summed E-state index contributed by atoms with van der Waals surface area (Å²) in [4.78, 5) is 0. The van der Waals surface area contributed by atoms with Gasteiger partial charge in [-0.3, -0.25) is 0 Å². The van der Waals surface area contributed by atoms with Crippen LogP contribution in [0.1, 0.15) is 47.0 Å². The fourth-order valence-electron chi connectivity index (χ4n) is 1.41. The highest BCUT2D eigenvalue weighted by Gasteiger charge is 1.98. The zero-order valence-electron chi connectivity index (χ0n) is 10.8. The van der Waals surface area contributed by atoms with Crippen LogP contribution in [-0.2, 0) is 0 Å². The van der Waals surface area contributed by atoms with Gasteiger partial charge in [-0.2, -0.15) is 0 Å². The van der Waals surface area contributed by atoms with Crippen molar-refractivity contribution in [1.29, 1.82) is 0 Å². The quantitative estimate of drug-likeness (QED) is 0.506. The predicted octanol–water partition coefficient (Wildman–Crippen LogP) is 5.14. The van der Waals surface area contributed by atoms with Gasteiger partial charge in [0.2, 0.25) is 0 Å². The Morgan fingerprint density at radius 1 is 1.20 bits per heavy atom. The van der Waals surface area contributed by atoms with Crippen molar-refractivity contribution in [3.8, 4) is 0 Å². The standard InChI is InChI=1S/C15H26/c1-6-14(4)10-8-12-15(5)11-7-9-13(2)3/h6,8,10,12-13,15H,1,7,9,11H2,2-5H3. The van der Waals surface area contributed by atoms with E-state index in [0.717, 1.165) is 5.92 Å². The third-order valence-electron chi connectivity index (χ3n) is 2.56. The van der Waals surface area contributed by atoms with Crippen molar-refractivity contribution in [3.05, 3.63) is 36.5 Å². The van der Waals surface area contributed by atoms with Crippen LogP contribution < -0.4 is 0 Å². The molecule has 0 heterocycles. The van der Waals surface area contributed by atoms with Crippen LogP contribution in [-0.4, -0.2) is 0 Å². The van der Waals surface area contributed by atoms with Crippen molar-refractivity contribution in [2.45, 2.75) is 47.0 Å². The van der Waals surface area contributed by atoms with Crippen molar-refractivity contribution in [2.24, 2.45) is 11.8 Å². The number of hydrogen-bond donors (Lipinski definition) is 0. The summed E-state index contributed by atoms with van der Waals surface area (Å²) in [5.74, 6) is 1.53. The Bertz CT molecular complexity index is 218. The summed E-state index contributed by atoms with van der Waals surface area (Å²) in [6, 6.07) is 0. The van der Waals surface area contributed by atoms with Crippen LogP contribution in [0.25, 0.3) is 0 Å². The van der Waals surface area contributed by atoms with Gasteiger partial charge in [0.1, 0.15) is 0 Å². The molecule has 0 rings (SSSR count). The smallest absolute Gasteiger partial charge is 0.0259 e. The number of rotatable bonds is 7. The van der Waals surface area contributed by atoms with Crippen LogP contribution in [0.5, 0.6) is 0 Å². The minimum Gasteiger partial charge on any atom is -0.0988 e. The van der Waals surface area contributed by atoms with E-state index < -0.39 is 0 Å². The van der Waals surface area contributed by atoms with Crippen LogP contribution in [0.2, 0.25) is 0 Å². The second kappa shape index (κ2) is 8.52. The topological polar surface area (TPSA) is 0 Å². The van der Waals surface area contributed by atoms with E-state index in [9.17, 15) is 0 Å². The highest BCUT2D eigenvalue weighted by atomic mass is 14.0. The Hall–Kier alpha value is -0.780. The lowest BCUT2D eigenvalue weighted by Gasteiger charge is -2.07. The van der Waals surface area contributed by atoms with E-state index in [1.165, 1.54) is 24.8 Å². The zero-order chi connectivity index (χ0) is 11.7. The molecule has 0 fully saturated rings. The van der Waals surface area contributed by atoms with Crippen molar-refractivity contribution >= 4 is 0 Å². The maximum Gasteiger partial charge on any atom is -0.0259 e. The van der Waals surface area contributed by atoms with Crippen molar-refractivity contribution < 1.29 is 0 Å². The van der Waals surface area contributed by atoms with Gasteiger partial charge >= 0.3 is 0 Å². The van der Waals surface area contributed by atoms with Gasteiger partial charge in [-0.25, -0.2) is 0 Å². The Morgan fingerprint density at radius 3 is 2.40 bits per heavy atom. The molecule has 0 bridgehead atoms. The molecule has 1 atom stereocenters. The Labute approximate surface area is 95.8 Å². The minimum atomic E-state index is 0.692. The largest absolute Gasteiger partial charge is 0.0988 e. The van der Waals surface area contributed by atoms with Gasteiger partial charge in [-0.05, 0) is 25.2 Å². The molecule has 0 aliphatic rings. The zero-order valence-corrected chi connectivity index (χ0v) is 10.8. The third-order valence-corrected chi connectivity index (χ3v) is 2.56. The van der Waals surface area contributed by atoms with Gasteiger partial charge in [0.25, 0.3) is 0 Å². The molecular formula is C15H26. The van der Waals surface area contributed by atoms with E-state index in [0.29, 0.717) is 5.92 Å². The Morgan fingerprint density at radius 2 is 1.87 bits per heavy atom. The van der Waals surface area contributed by atoms with E-state index in [-0.39, 0.29) is 0 Å². The van der Waals surface area contributed by atoms with Crippen LogP contribution in [0.3, 0.4) is 0 Å². The highest BCUT2D eigenvalue weighted by Crippen LogP contribution is 2.13. The molecule has 0 aromatic carbocycles. The number of hydrogen-bond acceptors (Lipinski definition) is 0. The lowest BCUT2D eigenvalue weighted by Crippen LogP contribution is -1.92. The van der Waals surface area contributed by atoms with Gasteiger partial charge in [0.05, 0.1) is 0 Å². The average Bonchev–Trinajstić information content (AvgIpc) is 2.17. The molecule has 0 aromatic heterocycles. The summed E-state index contributed by atoms with van der Waals surface area (Å²) < 4.78 is 0. The molecule has 0 saturated carbocycles. The van der Waals surface area contributed by atoms with Gasteiger partial charge in [-0.1, -0.05) is 70.1 Å². The van der Waals surface area contributed by atoms with Crippen molar-refractivity contribution in [1.82, 2.24) is 0 Å². The summed E-state index contributed by atoms with van der Waals surface area (Å²) >= 11 is 0. The molecule has 0 amide bonds. The molecule has 0 heteroatoms. The summed E-state index contributed by atoms with van der Waals surface area (Å²) in [6.45, 7) is 12.7. The molecular weight excluding hydrogens is 180 g/mol. The second-order valence-electron chi connectivity index (χ2n) is 4.80. The van der Waals surface area contributed by atoms with Crippen LogP contribution in [0, 0.1) is 11.8 Å². The van der Waals surface area contributed by atoms with E-state index in [1.54, 1.807) is 0 Å². The Kier molecular flexibility index (Phi) is 8.08. The first-order chi connectivity index (χ1) is 7.06. The number of allylic oxidation sites excluding steroid dienone is 5. The molecule has 86 valence electrons. The highest BCUT2D eigenvalue weighted by molar-refractivity contribution is 5.19. The van der Waals surface area contributed by atoms with E-state index in [2.05, 4.69) is 52.5 Å². The molecule has 15 heavy (non-hydrogen) atoms. The fraction of sp³-hybridized carbons (Fsp3) is 0.600. The lowest BCUT2D eigenvalue weighted by atomic mass is 9.99. The molecule has 0 aromatic rings. The summed E-state index contributed by atoms with van der Waals surface area (Å²) in [5.41, 5.74) is 1.22. The molecule has 0 aliphatic carbocycles. The van der Waals surface area contributed by atoms with E-state index in [1.807, 2.05) is 6.08 Å². The first-order valence-electron chi connectivity index (χ1n) is 6.03. The lowest BCUT2D eigenvalue weighted by molar-refractivity contribution is 0.502. The molecule has 0 aliphatic heterocycles. The molecule has 1 unspecified atom stereocenters. The normalized spacial score (nSPS) is 14.9. The molecule has 0 spiro atoms. The molecule has 0 N–H and O–H groups in total. The first kappa shape index (κ1) is 14.2. The fourth-order valence-corrected chi connectivity index (χ4v) is 1.41. The summed E-state index contributed by atoms with van der Waals surface area (Å²) in [6.07, 6.45) is 12.4. The summed E-state index contributed by atoms with van der Waals surface area (Å²) in [5, 5.41) is 0. The SMILES string of the molecule is C=CC(C)=CC=CC(C)CCCC(C)C. The maximum atomic E-state index is 3.73. The monoisotopic (exact) mass is 206 g/mol. The molecule has 0 saturated heterocycles. The van der Waals surface area contributed by atoms with Crippen LogP contribution >= 0.6 is 0 Å². The third kappa shape index (κ3) is 9.52. The van der Waals surface area contributed by atoms with Crippen LogP contribution in [0.15, 0.2) is 36.5 Å². The minimum absolute atomic E-state index is 0.692. The predicted molar refractivity (Wildman–Crippen MR) is 70.9 cm³/mol.